The molecule has 5 rings (SSSR count). The quantitative estimate of drug-likeness (QED) is 0.861. The van der Waals surface area contributed by atoms with Gasteiger partial charge in [0.05, 0.1) is 0 Å². The van der Waals surface area contributed by atoms with Crippen molar-refractivity contribution in [2.75, 3.05) is 32.7 Å². The van der Waals surface area contributed by atoms with Gasteiger partial charge in [-0.2, -0.15) is 0 Å². The smallest absolute Gasteiger partial charge is 0.317 e. The molecule has 1 N–H and O–H groups in total. The van der Waals surface area contributed by atoms with Crippen molar-refractivity contribution in [3.05, 3.63) is 47.5 Å². The second-order valence-corrected chi connectivity index (χ2v) is 8.21. The van der Waals surface area contributed by atoms with E-state index in [2.05, 4.69) is 46.6 Å². The molecule has 0 aromatic heterocycles. The molecule has 3 atom stereocenters. The second kappa shape index (κ2) is 5.87. The number of nitrogens with zero attached hydrogens (tertiary/aromatic N) is 2. The van der Waals surface area contributed by atoms with E-state index in [1.54, 1.807) is 5.56 Å². The van der Waals surface area contributed by atoms with Crippen LogP contribution in [0.2, 0.25) is 0 Å². The van der Waals surface area contributed by atoms with Gasteiger partial charge in [-0.1, -0.05) is 36.4 Å². The summed E-state index contributed by atoms with van der Waals surface area (Å²) < 4.78 is 0. The third kappa shape index (κ3) is 2.58. The number of likely N-dealkylation sites (tertiary alicyclic amines) is 1. The van der Waals surface area contributed by atoms with E-state index in [0.29, 0.717) is 17.4 Å². The molecule has 4 aliphatic rings. The van der Waals surface area contributed by atoms with E-state index in [9.17, 15) is 4.79 Å². The van der Waals surface area contributed by atoms with E-state index in [1.807, 2.05) is 4.90 Å². The van der Waals surface area contributed by atoms with Gasteiger partial charge in [0, 0.05) is 44.2 Å². The van der Waals surface area contributed by atoms with Gasteiger partial charge in [0.1, 0.15) is 0 Å². The minimum absolute atomic E-state index is 0.142. The Hall–Kier alpha value is -1.81. The maximum atomic E-state index is 12.6. The molecule has 4 nitrogen and oxygen atoms in total. The number of nitrogens with one attached hydrogen (secondary N) is 1. The molecule has 0 radical (unpaired) electrons. The van der Waals surface area contributed by atoms with Crippen molar-refractivity contribution in [1.29, 1.82) is 0 Å². The van der Waals surface area contributed by atoms with Crippen LogP contribution >= 0.6 is 0 Å². The molecule has 1 aromatic carbocycles. The van der Waals surface area contributed by atoms with Gasteiger partial charge in [-0.3, -0.25) is 4.90 Å². The number of carbonyl (C=O) groups is 1. The molecular weight excluding hydrogens is 310 g/mol. The van der Waals surface area contributed by atoms with Gasteiger partial charge in [0.2, 0.25) is 0 Å². The molecule has 0 unspecified atom stereocenters. The Morgan fingerprint density at radius 2 is 2.08 bits per heavy atom. The lowest BCUT2D eigenvalue weighted by Crippen LogP contribution is -2.42. The molecule has 0 bridgehead atoms. The molecule has 2 amide bonds. The number of urea groups is 1. The van der Waals surface area contributed by atoms with E-state index in [-0.39, 0.29) is 6.03 Å². The Labute approximate surface area is 149 Å². The number of fused-ring (bicyclic) bond motifs is 2. The van der Waals surface area contributed by atoms with Crippen LogP contribution in [0, 0.1) is 5.92 Å². The number of amides is 2. The van der Waals surface area contributed by atoms with Crippen molar-refractivity contribution >= 4 is 6.03 Å². The Morgan fingerprint density at radius 3 is 2.96 bits per heavy atom. The van der Waals surface area contributed by atoms with Gasteiger partial charge in [-0.25, -0.2) is 4.79 Å². The average molecular weight is 337 g/mol. The summed E-state index contributed by atoms with van der Waals surface area (Å²) in [4.78, 5) is 17.1. The fraction of sp³-hybridized carbons (Fsp3) is 0.571. The lowest BCUT2D eigenvalue weighted by Gasteiger charge is -2.24. The van der Waals surface area contributed by atoms with Crippen LogP contribution in [-0.4, -0.2) is 54.6 Å². The molecule has 4 heteroatoms. The van der Waals surface area contributed by atoms with Crippen LogP contribution in [0.5, 0.6) is 0 Å². The maximum Gasteiger partial charge on any atom is 0.317 e. The van der Waals surface area contributed by atoms with Crippen molar-refractivity contribution in [2.24, 2.45) is 5.92 Å². The van der Waals surface area contributed by atoms with Gasteiger partial charge in [0.25, 0.3) is 0 Å². The van der Waals surface area contributed by atoms with Crippen molar-refractivity contribution in [2.45, 2.75) is 37.1 Å². The summed E-state index contributed by atoms with van der Waals surface area (Å²) in [5.41, 5.74) is 3.45. The fourth-order valence-corrected chi connectivity index (χ4v) is 5.34. The van der Waals surface area contributed by atoms with Crippen molar-refractivity contribution < 1.29 is 4.79 Å². The normalized spacial score (nSPS) is 33.2. The van der Waals surface area contributed by atoms with E-state index < -0.39 is 0 Å². The predicted octanol–water partition coefficient (Wildman–Crippen LogP) is 2.55. The fourth-order valence-electron chi connectivity index (χ4n) is 5.34. The van der Waals surface area contributed by atoms with Crippen LogP contribution in [0.25, 0.3) is 0 Å². The minimum atomic E-state index is 0.142. The molecule has 2 aliphatic heterocycles. The maximum absolute atomic E-state index is 12.6. The standard InChI is InChI=1S/C21H27N3O/c25-20(24-12-8-18(15-24)23-10-3-4-11-23)22-14-17-13-21(17)9-7-16-5-1-2-6-19(16)21/h1-6,17-18H,7-15H2,(H,22,25)/t17-,18-,21-/m0/s1. The van der Waals surface area contributed by atoms with Gasteiger partial charge in [0.15, 0.2) is 0 Å². The highest BCUT2D eigenvalue weighted by molar-refractivity contribution is 5.74. The SMILES string of the molecule is O=C(NC[C@@H]1C[C@@]12CCc1ccccc12)N1CC[C@H](N2CC=CC2)C1. The summed E-state index contributed by atoms with van der Waals surface area (Å²) in [6.45, 7) is 4.70. The molecule has 2 heterocycles. The summed E-state index contributed by atoms with van der Waals surface area (Å²) in [6, 6.07) is 9.57. The summed E-state index contributed by atoms with van der Waals surface area (Å²) in [5, 5.41) is 3.23. The van der Waals surface area contributed by atoms with Gasteiger partial charge >= 0.3 is 6.03 Å². The molecule has 2 fully saturated rings. The Balaban J connectivity index is 1.14. The lowest BCUT2D eigenvalue weighted by molar-refractivity contribution is 0.199. The molecule has 1 saturated carbocycles. The number of hydrogen-bond acceptors (Lipinski definition) is 2. The molecule has 1 spiro atoms. The molecule has 1 aromatic rings. The highest BCUT2D eigenvalue weighted by Crippen LogP contribution is 2.61. The first-order valence-electron chi connectivity index (χ1n) is 9.76. The van der Waals surface area contributed by atoms with Gasteiger partial charge < -0.3 is 10.2 Å². The molecule has 25 heavy (non-hydrogen) atoms. The predicted molar refractivity (Wildman–Crippen MR) is 98.6 cm³/mol. The van der Waals surface area contributed by atoms with E-state index in [4.69, 9.17) is 0 Å². The first kappa shape index (κ1) is 15.4. The zero-order chi connectivity index (χ0) is 16.9. The third-order valence-corrected chi connectivity index (χ3v) is 6.94. The highest BCUT2D eigenvalue weighted by atomic mass is 16.2. The average Bonchev–Trinajstić information content (AvgIpc) is 3.08. The Kier molecular flexibility index (Phi) is 3.63. The lowest BCUT2D eigenvalue weighted by atomic mass is 9.95. The molecule has 2 aliphatic carbocycles. The minimum Gasteiger partial charge on any atom is -0.338 e. The van der Waals surface area contributed by atoms with Crippen LogP contribution in [-0.2, 0) is 11.8 Å². The molecule has 1 saturated heterocycles. The topological polar surface area (TPSA) is 35.6 Å². The van der Waals surface area contributed by atoms with E-state index in [0.717, 1.165) is 39.1 Å². The number of benzene rings is 1. The number of rotatable bonds is 3. The molecule has 132 valence electrons. The van der Waals surface area contributed by atoms with Crippen LogP contribution < -0.4 is 5.32 Å². The summed E-state index contributed by atoms with van der Waals surface area (Å²) in [5.74, 6) is 0.626. The van der Waals surface area contributed by atoms with Crippen molar-refractivity contribution in [3.8, 4) is 0 Å². The zero-order valence-corrected chi connectivity index (χ0v) is 14.8. The Bertz CT molecular complexity index is 707. The van der Waals surface area contributed by atoms with E-state index >= 15 is 0 Å². The summed E-state index contributed by atoms with van der Waals surface area (Å²) >= 11 is 0. The summed E-state index contributed by atoms with van der Waals surface area (Å²) in [6.07, 6.45) is 9.28. The number of carbonyl (C=O) groups excluding carboxylic acids is 1. The summed E-state index contributed by atoms with van der Waals surface area (Å²) in [7, 11) is 0. The van der Waals surface area contributed by atoms with Crippen molar-refractivity contribution in [1.82, 2.24) is 15.1 Å². The van der Waals surface area contributed by atoms with Crippen molar-refractivity contribution in [3.63, 3.8) is 0 Å². The largest absolute Gasteiger partial charge is 0.338 e. The van der Waals surface area contributed by atoms with E-state index in [1.165, 1.54) is 24.8 Å². The van der Waals surface area contributed by atoms with Crippen LogP contribution in [0.1, 0.15) is 30.4 Å². The number of aryl methyl sites for hydroxylation is 1. The third-order valence-electron chi connectivity index (χ3n) is 6.94. The highest BCUT2D eigenvalue weighted by Gasteiger charge is 2.57. The van der Waals surface area contributed by atoms with Crippen LogP contribution in [0.15, 0.2) is 36.4 Å². The first-order valence-corrected chi connectivity index (χ1v) is 9.76. The zero-order valence-electron chi connectivity index (χ0n) is 14.8. The second-order valence-electron chi connectivity index (χ2n) is 8.21. The first-order chi connectivity index (χ1) is 12.3. The monoisotopic (exact) mass is 337 g/mol. The van der Waals surface area contributed by atoms with Gasteiger partial charge in [-0.05, 0) is 42.7 Å². The molecular formula is C21H27N3O. The Morgan fingerprint density at radius 1 is 1.24 bits per heavy atom. The van der Waals surface area contributed by atoms with Crippen LogP contribution in [0.4, 0.5) is 4.79 Å². The number of hydrogen-bond donors (Lipinski definition) is 1. The van der Waals surface area contributed by atoms with Crippen LogP contribution in [0.3, 0.4) is 0 Å². The van der Waals surface area contributed by atoms with Gasteiger partial charge in [-0.15, -0.1) is 0 Å².